The zero-order valence-corrected chi connectivity index (χ0v) is 26.0. The Morgan fingerprint density at radius 3 is 2.20 bits per heavy atom. The number of nitrogens with two attached hydrogens (primary N) is 1. The standard InChI is InChI=1S/C33H44N6O5/c1-21(2)19-39(32(44)38-33(3,4)5)20-28(40)26(17-22-11-7-6-8-12-22)36-31(43)27(18-29(34)41)37-30(42)25-16-15-23-13-9-10-14-24(23)35-25/h6-16,21,26-28,40H,17-20H2,1-5H3,(H2,34,41)(H,36,43)(H,37,42)(H,38,44)/t26-,27-,28+/m0/s1. The zero-order valence-electron chi connectivity index (χ0n) is 26.0. The number of nitrogens with zero attached hydrogens (tertiary/aromatic N) is 2. The van der Waals surface area contributed by atoms with Gasteiger partial charge in [0.05, 0.1) is 30.6 Å². The third-order valence-corrected chi connectivity index (χ3v) is 6.71. The van der Waals surface area contributed by atoms with Gasteiger partial charge < -0.3 is 31.7 Å². The number of urea groups is 1. The summed E-state index contributed by atoms with van der Waals surface area (Å²) < 4.78 is 0. The van der Waals surface area contributed by atoms with Gasteiger partial charge in [0.15, 0.2) is 0 Å². The van der Waals surface area contributed by atoms with E-state index in [2.05, 4.69) is 20.9 Å². The molecule has 0 saturated carbocycles. The molecular weight excluding hydrogens is 560 g/mol. The molecular formula is C33H44N6O5. The topological polar surface area (TPSA) is 167 Å². The van der Waals surface area contributed by atoms with Crippen LogP contribution in [0.5, 0.6) is 0 Å². The lowest BCUT2D eigenvalue weighted by atomic mass is 9.99. The fourth-order valence-corrected chi connectivity index (χ4v) is 4.70. The number of hydrogen-bond donors (Lipinski definition) is 5. The highest BCUT2D eigenvalue weighted by molar-refractivity contribution is 5.99. The molecule has 3 rings (SSSR count). The van der Waals surface area contributed by atoms with Crippen molar-refractivity contribution in [2.45, 2.75) is 71.2 Å². The fraction of sp³-hybridized carbons (Fsp3) is 0.424. The first-order chi connectivity index (χ1) is 20.7. The van der Waals surface area contributed by atoms with Crippen LogP contribution in [0.2, 0.25) is 0 Å². The van der Waals surface area contributed by atoms with Gasteiger partial charge in [0.2, 0.25) is 11.8 Å². The number of para-hydroxylation sites is 1. The van der Waals surface area contributed by atoms with E-state index in [-0.39, 0.29) is 30.6 Å². The minimum absolute atomic E-state index is 0.0638. The van der Waals surface area contributed by atoms with Crippen LogP contribution in [-0.4, -0.2) is 75.6 Å². The molecule has 3 aromatic rings. The number of hydrogen-bond acceptors (Lipinski definition) is 6. The average Bonchev–Trinajstić information content (AvgIpc) is 2.94. The molecule has 0 aliphatic carbocycles. The molecule has 6 N–H and O–H groups in total. The summed E-state index contributed by atoms with van der Waals surface area (Å²) >= 11 is 0. The second-order valence-corrected chi connectivity index (χ2v) is 12.4. The molecule has 11 nitrogen and oxygen atoms in total. The number of carbonyl (C=O) groups excluding carboxylic acids is 4. The quantitative estimate of drug-likeness (QED) is 0.201. The van der Waals surface area contributed by atoms with Gasteiger partial charge in [0.25, 0.3) is 5.91 Å². The van der Waals surface area contributed by atoms with E-state index in [1.54, 1.807) is 18.2 Å². The first-order valence-electron chi connectivity index (χ1n) is 14.8. The summed E-state index contributed by atoms with van der Waals surface area (Å²) in [5.41, 5.74) is 6.46. The highest BCUT2D eigenvalue weighted by Gasteiger charge is 2.31. The van der Waals surface area contributed by atoms with E-state index in [1.807, 2.05) is 77.1 Å². The number of fused-ring (bicyclic) bond motifs is 1. The molecule has 0 spiro atoms. The number of aliphatic hydroxyl groups excluding tert-OH is 1. The molecule has 3 atom stereocenters. The van der Waals surface area contributed by atoms with E-state index in [1.165, 1.54) is 11.0 Å². The van der Waals surface area contributed by atoms with Gasteiger partial charge >= 0.3 is 6.03 Å². The van der Waals surface area contributed by atoms with Crippen LogP contribution in [0.3, 0.4) is 0 Å². The van der Waals surface area contributed by atoms with Crippen molar-refractivity contribution in [3.63, 3.8) is 0 Å². The first-order valence-corrected chi connectivity index (χ1v) is 14.8. The molecule has 11 heteroatoms. The maximum atomic E-state index is 13.6. The van der Waals surface area contributed by atoms with Gasteiger partial charge in [0.1, 0.15) is 11.7 Å². The lowest BCUT2D eigenvalue weighted by molar-refractivity contribution is -0.128. The van der Waals surface area contributed by atoms with Crippen molar-refractivity contribution in [1.29, 1.82) is 0 Å². The maximum Gasteiger partial charge on any atom is 0.317 e. The molecule has 0 aliphatic rings. The number of aliphatic hydroxyl groups is 1. The predicted octanol–water partition coefficient (Wildman–Crippen LogP) is 2.76. The molecule has 1 heterocycles. The minimum Gasteiger partial charge on any atom is -0.389 e. The Hall–Kier alpha value is -4.51. The molecule has 44 heavy (non-hydrogen) atoms. The van der Waals surface area contributed by atoms with Crippen LogP contribution in [-0.2, 0) is 16.0 Å². The number of nitrogens with one attached hydrogen (secondary N) is 3. The van der Waals surface area contributed by atoms with Gasteiger partial charge in [-0.05, 0) is 50.8 Å². The largest absolute Gasteiger partial charge is 0.389 e. The van der Waals surface area contributed by atoms with Crippen LogP contribution in [0.4, 0.5) is 4.79 Å². The van der Waals surface area contributed by atoms with Crippen molar-refractivity contribution in [1.82, 2.24) is 25.8 Å². The van der Waals surface area contributed by atoms with Crippen LogP contribution in [0.25, 0.3) is 10.9 Å². The molecule has 0 aliphatic heterocycles. The normalized spacial score (nSPS) is 13.5. The Bertz CT molecular complexity index is 1440. The molecule has 0 bridgehead atoms. The van der Waals surface area contributed by atoms with E-state index in [4.69, 9.17) is 5.73 Å². The van der Waals surface area contributed by atoms with Crippen LogP contribution in [0.15, 0.2) is 66.7 Å². The Balaban J connectivity index is 1.83. The number of amides is 5. The Morgan fingerprint density at radius 2 is 1.57 bits per heavy atom. The Morgan fingerprint density at radius 1 is 0.909 bits per heavy atom. The zero-order chi connectivity index (χ0) is 32.4. The van der Waals surface area contributed by atoms with Gasteiger partial charge in [-0.25, -0.2) is 9.78 Å². The van der Waals surface area contributed by atoms with Crippen molar-refractivity contribution >= 4 is 34.7 Å². The fourth-order valence-electron chi connectivity index (χ4n) is 4.70. The third kappa shape index (κ3) is 10.6. The van der Waals surface area contributed by atoms with Gasteiger partial charge in [-0.1, -0.05) is 68.4 Å². The molecule has 5 amide bonds. The van der Waals surface area contributed by atoms with Gasteiger partial charge in [-0.2, -0.15) is 0 Å². The van der Waals surface area contributed by atoms with Crippen molar-refractivity contribution in [2.24, 2.45) is 11.7 Å². The summed E-state index contributed by atoms with van der Waals surface area (Å²) in [4.78, 5) is 57.7. The molecule has 0 saturated heterocycles. The number of aromatic nitrogens is 1. The average molecular weight is 605 g/mol. The summed E-state index contributed by atoms with van der Waals surface area (Å²) in [6, 6.07) is 17.3. The van der Waals surface area contributed by atoms with Crippen LogP contribution in [0, 0.1) is 5.92 Å². The van der Waals surface area contributed by atoms with E-state index in [0.29, 0.717) is 12.1 Å². The lowest BCUT2D eigenvalue weighted by Gasteiger charge is -2.34. The number of benzene rings is 2. The molecule has 0 unspecified atom stereocenters. The summed E-state index contributed by atoms with van der Waals surface area (Å²) in [7, 11) is 0. The van der Waals surface area contributed by atoms with Crippen molar-refractivity contribution < 1.29 is 24.3 Å². The SMILES string of the molecule is CC(C)CN(C[C@@H](O)[C@H](Cc1ccccc1)NC(=O)[C@H](CC(N)=O)NC(=O)c1ccc2ccccc2n1)C(=O)NC(C)(C)C. The number of primary amides is 1. The van der Waals surface area contributed by atoms with E-state index >= 15 is 0 Å². The molecule has 236 valence electrons. The monoisotopic (exact) mass is 604 g/mol. The van der Waals surface area contributed by atoms with Gasteiger partial charge in [-0.3, -0.25) is 14.4 Å². The predicted molar refractivity (Wildman–Crippen MR) is 170 cm³/mol. The first kappa shape index (κ1) is 34.0. The van der Waals surface area contributed by atoms with E-state index < -0.39 is 47.9 Å². The van der Waals surface area contributed by atoms with Gasteiger partial charge in [0, 0.05) is 17.5 Å². The van der Waals surface area contributed by atoms with E-state index in [0.717, 1.165) is 10.9 Å². The van der Waals surface area contributed by atoms with Crippen LogP contribution < -0.4 is 21.7 Å². The van der Waals surface area contributed by atoms with Crippen molar-refractivity contribution in [3.8, 4) is 0 Å². The molecule has 0 radical (unpaired) electrons. The number of carbonyl (C=O) groups is 4. The minimum atomic E-state index is -1.32. The van der Waals surface area contributed by atoms with Crippen molar-refractivity contribution in [3.05, 3.63) is 78.0 Å². The highest BCUT2D eigenvalue weighted by atomic mass is 16.3. The second-order valence-electron chi connectivity index (χ2n) is 12.4. The summed E-state index contributed by atoms with van der Waals surface area (Å²) in [5, 5.41) is 20.6. The van der Waals surface area contributed by atoms with E-state index in [9.17, 15) is 24.3 Å². The Labute approximate surface area is 258 Å². The smallest absolute Gasteiger partial charge is 0.317 e. The van der Waals surface area contributed by atoms with Crippen molar-refractivity contribution in [2.75, 3.05) is 13.1 Å². The summed E-state index contributed by atoms with van der Waals surface area (Å²) in [5.74, 6) is -2.03. The number of pyridine rings is 1. The van der Waals surface area contributed by atoms with Crippen LogP contribution >= 0.6 is 0 Å². The lowest BCUT2D eigenvalue weighted by Crippen LogP contribution is -2.57. The molecule has 0 fully saturated rings. The summed E-state index contributed by atoms with van der Waals surface area (Å²) in [6.45, 7) is 9.86. The van der Waals surface area contributed by atoms with Crippen LogP contribution in [0.1, 0.15) is 57.1 Å². The highest BCUT2D eigenvalue weighted by Crippen LogP contribution is 2.14. The third-order valence-electron chi connectivity index (χ3n) is 6.71. The maximum absolute atomic E-state index is 13.6. The second kappa shape index (κ2) is 15.3. The number of rotatable bonds is 13. The summed E-state index contributed by atoms with van der Waals surface area (Å²) in [6.07, 6.45) is -1.42. The van der Waals surface area contributed by atoms with Gasteiger partial charge in [-0.15, -0.1) is 0 Å². The Kier molecular flexibility index (Phi) is 11.8. The molecule has 1 aromatic heterocycles. The molecule has 2 aromatic carbocycles.